The van der Waals surface area contributed by atoms with Crippen LogP contribution in [0.1, 0.15) is 40.2 Å². The molecule has 0 radical (unpaired) electrons. The molecule has 3 heteroatoms. The minimum Gasteiger partial charge on any atom is -0.444 e. The van der Waals surface area contributed by atoms with E-state index in [2.05, 4.69) is 17.2 Å². The van der Waals surface area contributed by atoms with E-state index >= 15 is 0 Å². The smallest absolute Gasteiger partial charge is 0.408 e. The van der Waals surface area contributed by atoms with Crippen molar-refractivity contribution in [2.24, 2.45) is 5.92 Å². The maximum absolute atomic E-state index is 11.8. The van der Waals surface area contributed by atoms with Crippen LogP contribution < -0.4 is 5.32 Å². The van der Waals surface area contributed by atoms with E-state index in [1.54, 1.807) is 0 Å². The molecule has 0 aliphatic carbocycles. The van der Waals surface area contributed by atoms with Crippen molar-refractivity contribution in [3.8, 4) is 11.8 Å². The largest absolute Gasteiger partial charge is 0.444 e. The summed E-state index contributed by atoms with van der Waals surface area (Å²) in [7, 11) is 0. The lowest BCUT2D eigenvalue weighted by atomic mass is 10.0. The maximum Gasteiger partial charge on any atom is 0.408 e. The SMILES string of the molecule is CC(C)C(C#Cc1ccccc1)NC(=O)OC(C)(C)C. The zero-order chi connectivity index (χ0) is 15.2. The molecule has 0 aromatic heterocycles. The lowest BCUT2D eigenvalue weighted by molar-refractivity contribution is 0.0506. The van der Waals surface area contributed by atoms with Crippen molar-refractivity contribution < 1.29 is 9.53 Å². The number of carbonyl (C=O) groups is 1. The summed E-state index contributed by atoms with van der Waals surface area (Å²) in [6.07, 6.45) is -0.432. The van der Waals surface area contributed by atoms with Gasteiger partial charge in [-0.3, -0.25) is 0 Å². The number of hydrogen-bond acceptors (Lipinski definition) is 2. The Balaban J connectivity index is 2.72. The molecule has 108 valence electrons. The molecule has 0 saturated carbocycles. The quantitative estimate of drug-likeness (QED) is 0.836. The Morgan fingerprint density at radius 2 is 1.80 bits per heavy atom. The van der Waals surface area contributed by atoms with E-state index in [1.807, 2.05) is 65.0 Å². The Morgan fingerprint density at radius 3 is 2.30 bits per heavy atom. The van der Waals surface area contributed by atoms with E-state index < -0.39 is 11.7 Å². The van der Waals surface area contributed by atoms with Gasteiger partial charge in [-0.05, 0) is 38.8 Å². The molecule has 1 amide bonds. The van der Waals surface area contributed by atoms with Crippen LogP contribution in [-0.4, -0.2) is 17.7 Å². The van der Waals surface area contributed by atoms with Crippen LogP contribution in [0, 0.1) is 17.8 Å². The molecule has 1 aromatic rings. The van der Waals surface area contributed by atoms with Gasteiger partial charge in [0, 0.05) is 5.56 Å². The van der Waals surface area contributed by atoms with Gasteiger partial charge in [0.1, 0.15) is 5.60 Å². The van der Waals surface area contributed by atoms with Gasteiger partial charge in [0.2, 0.25) is 0 Å². The zero-order valence-electron chi connectivity index (χ0n) is 12.9. The molecule has 1 aromatic carbocycles. The molecule has 1 unspecified atom stereocenters. The van der Waals surface area contributed by atoms with Crippen LogP contribution in [-0.2, 0) is 4.74 Å². The molecule has 0 aliphatic rings. The number of alkyl carbamates (subject to hydrolysis) is 1. The Labute approximate surface area is 121 Å². The van der Waals surface area contributed by atoms with Crippen molar-refractivity contribution in [2.45, 2.75) is 46.3 Å². The van der Waals surface area contributed by atoms with Crippen LogP contribution in [0.15, 0.2) is 30.3 Å². The van der Waals surface area contributed by atoms with Crippen LogP contribution >= 0.6 is 0 Å². The Morgan fingerprint density at radius 1 is 1.20 bits per heavy atom. The summed E-state index contributed by atoms with van der Waals surface area (Å²) in [5, 5.41) is 2.81. The highest BCUT2D eigenvalue weighted by Gasteiger charge is 2.20. The molecule has 1 atom stereocenters. The predicted octanol–water partition coefficient (Wildman–Crippen LogP) is 3.59. The van der Waals surface area contributed by atoms with Crippen molar-refractivity contribution in [3.63, 3.8) is 0 Å². The summed E-state index contributed by atoms with van der Waals surface area (Å²) in [6.45, 7) is 9.55. The minimum absolute atomic E-state index is 0.207. The first-order chi connectivity index (χ1) is 9.28. The fourth-order valence-corrected chi connectivity index (χ4v) is 1.49. The molecule has 1 rings (SSSR count). The number of carbonyl (C=O) groups excluding carboxylic acids is 1. The highest BCUT2D eigenvalue weighted by molar-refractivity contribution is 5.68. The van der Waals surface area contributed by atoms with Crippen molar-refractivity contribution >= 4 is 6.09 Å². The van der Waals surface area contributed by atoms with Crippen LogP contribution in [0.3, 0.4) is 0 Å². The van der Waals surface area contributed by atoms with Crippen LogP contribution in [0.5, 0.6) is 0 Å². The number of benzene rings is 1. The topological polar surface area (TPSA) is 38.3 Å². The molecule has 20 heavy (non-hydrogen) atoms. The molecule has 0 spiro atoms. The van der Waals surface area contributed by atoms with E-state index in [4.69, 9.17) is 4.74 Å². The number of amides is 1. The number of ether oxygens (including phenoxy) is 1. The second kappa shape index (κ2) is 7.00. The highest BCUT2D eigenvalue weighted by Crippen LogP contribution is 2.08. The lowest BCUT2D eigenvalue weighted by Crippen LogP contribution is -2.41. The molecule has 1 N–H and O–H groups in total. The highest BCUT2D eigenvalue weighted by atomic mass is 16.6. The fraction of sp³-hybridized carbons (Fsp3) is 0.471. The van der Waals surface area contributed by atoms with Gasteiger partial charge >= 0.3 is 6.09 Å². The summed E-state index contributed by atoms with van der Waals surface area (Å²) >= 11 is 0. The normalized spacial score (nSPS) is 12.3. The first-order valence-corrected chi connectivity index (χ1v) is 6.84. The third-order valence-corrected chi connectivity index (χ3v) is 2.48. The Kier molecular flexibility index (Phi) is 5.64. The minimum atomic E-state index is -0.502. The van der Waals surface area contributed by atoms with E-state index in [9.17, 15) is 4.79 Å². The molecular formula is C17H23NO2. The zero-order valence-corrected chi connectivity index (χ0v) is 12.9. The average molecular weight is 273 g/mol. The first-order valence-electron chi connectivity index (χ1n) is 6.84. The maximum atomic E-state index is 11.8. The van der Waals surface area contributed by atoms with Crippen molar-refractivity contribution in [3.05, 3.63) is 35.9 Å². The standard InChI is InChI=1S/C17H23NO2/c1-13(2)15(18-16(19)20-17(3,4)5)12-11-14-9-7-6-8-10-14/h6-10,13,15H,1-5H3,(H,18,19). The second-order valence-corrected chi connectivity index (χ2v) is 6.00. The number of nitrogens with one attached hydrogen (secondary N) is 1. The van der Waals surface area contributed by atoms with Crippen molar-refractivity contribution in [2.75, 3.05) is 0 Å². The molecule has 3 nitrogen and oxygen atoms in total. The van der Waals surface area contributed by atoms with Gasteiger partial charge in [-0.15, -0.1) is 0 Å². The van der Waals surface area contributed by atoms with Gasteiger partial charge in [-0.25, -0.2) is 4.79 Å². The van der Waals surface area contributed by atoms with Crippen LogP contribution in [0.25, 0.3) is 0 Å². The third kappa shape index (κ3) is 6.29. The van der Waals surface area contributed by atoms with Gasteiger partial charge in [-0.1, -0.05) is 43.9 Å². The molecular weight excluding hydrogens is 250 g/mol. The number of hydrogen-bond donors (Lipinski definition) is 1. The molecule has 0 aliphatic heterocycles. The summed E-state index contributed by atoms with van der Waals surface area (Å²) in [5.41, 5.74) is 0.433. The molecule has 0 heterocycles. The Hall–Kier alpha value is -1.95. The van der Waals surface area contributed by atoms with Gasteiger partial charge in [0.25, 0.3) is 0 Å². The molecule has 0 saturated heterocycles. The second-order valence-electron chi connectivity index (χ2n) is 6.00. The molecule has 0 fully saturated rings. The first kappa shape index (κ1) is 16.1. The number of rotatable bonds is 2. The van der Waals surface area contributed by atoms with Gasteiger partial charge < -0.3 is 10.1 Å². The van der Waals surface area contributed by atoms with E-state index in [0.29, 0.717) is 0 Å². The summed E-state index contributed by atoms with van der Waals surface area (Å²) in [4.78, 5) is 11.8. The van der Waals surface area contributed by atoms with Gasteiger partial charge in [0.05, 0.1) is 6.04 Å². The van der Waals surface area contributed by atoms with E-state index in [-0.39, 0.29) is 12.0 Å². The van der Waals surface area contributed by atoms with E-state index in [0.717, 1.165) is 5.56 Å². The lowest BCUT2D eigenvalue weighted by Gasteiger charge is -2.23. The van der Waals surface area contributed by atoms with Gasteiger partial charge in [0.15, 0.2) is 0 Å². The van der Waals surface area contributed by atoms with Crippen molar-refractivity contribution in [1.29, 1.82) is 0 Å². The fourth-order valence-electron chi connectivity index (χ4n) is 1.49. The summed E-state index contributed by atoms with van der Waals surface area (Å²) in [5.74, 6) is 6.37. The summed E-state index contributed by atoms with van der Waals surface area (Å²) < 4.78 is 5.25. The van der Waals surface area contributed by atoms with Crippen molar-refractivity contribution in [1.82, 2.24) is 5.32 Å². The van der Waals surface area contributed by atoms with Crippen LogP contribution in [0.4, 0.5) is 4.79 Å². The summed E-state index contributed by atoms with van der Waals surface area (Å²) in [6, 6.07) is 9.48. The predicted molar refractivity (Wildman–Crippen MR) is 81.3 cm³/mol. The van der Waals surface area contributed by atoms with E-state index in [1.165, 1.54) is 0 Å². The Bertz CT molecular complexity index is 489. The average Bonchev–Trinajstić information content (AvgIpc) is 2.33. The third-order valence-electron chi connectivity index (χ3n) is 2.48. The van der Waals surface area contributed by atoms with Gasteiger partial charge in [-0.2, -0.15) is 0 Å². The monoisotopic (exact) mass is 273 g/mol. The molecule has 0 bridgehead atoms. The van der Waals surface area contributed by atoms with Crippen LogP contribution in [0.2, 0.25) is 0 Å².